The van der Waals surface area contributed by atoms with Gasteiger partial charge < -0.3 is 5.32 Å². The van der Waals surface area contributed by atoms with E-state index in [2.05, 4.69) is 25.7 Å². The van der Waals surface area contributed by atoms with Gasteiger partial charge in [0.2, 0.25) is 5.91 Å². The normalized spacial score (nSPS) is 29.7. The minimum atomic E-state index is -0.416. The Hall–Kier alpha value is -0.990. The van der Waals surface area contributed by atoms with Gasteiger partial charge in [0.05, 0.1) is 15.5 Å². The van der Waals surface area contributed by atoms with Gasteiger partial charge in [0, 0.05) is 5.69 Å². The molecule has 2 nitrogen and oxygen atoms in total. The number of carbonyl (C=O) groups excluding carboxylic acids is 1. The number of anilines is 1. The number of hydrogen-bond donors (Lipinski definition) is 1. The molecule has 0 aromatic heterocycles. The summed E-state index contributed by atoms with van der Waals surface area (Å²) in [6.45, 7) is 8.65. The molecule has 0 heterocycles. The highest BCUT2D eigenvalue weighted by Gasteiger charge is 2.60. The van der Waals surface area contributed by atoms with Crippen molar-refractivity contribution in [1.29, 1.82) is 0 Å². The van der Waals surface area contributed by atoms with Gasteiger partial charge in [-0.3, -0.25) is 4.79 Å². The summed E-state index contributed by atoms with van der Waals surface area (Å²) in [5.74, 6) is 0.600. The predicted molar refractivity (Wildman–Crippen MR) is 87.8 cm³/mol. The smallest absolute Gasteiger partial charge is 0.234 e. The van der Waals surface area contributed by atoms with Crippen LogP contribution in [0.4, 0.5) is 5.69 Å². The molecule has 112 valence electrons. The van der Waals surface area contributed by atoms with E-state index in [0.717, 1.165) is 24.8 Å². The van der Waals surface area contributed by atoms with Gasteiger partial charge in [0.1, 0.15) is 0 Å². The largest absolute Gasteiger partial charge is 0.325 e. The fourth-order valence-electron chi connectivity index (χ4n) is 3.97. The Morgan fingerprint density at radius 2 is 2.05 bits per heavy atom. The lowest BCUT2D eigenvalue weighted by Gasteiger charge is -2.37. The highest BCUT2D eigenvalue weighted by Crippen LogP contribution is 2.65. The first-order valence-electron chi connectivity index (χ1n) is 7.24. The number of amides is 1. The highest BCUT2D eigenvalue weighted by atomic mass is 35.5. The Morgan fingerprint density at radius 3 is 2.62 bits per heavy atom. The van der Waals surface area contributed by atoms with Crippen LogP contribution in [0.15, 0.2) is 30.4 Å². The average molecular weight is 324 g/mol. The Morgan fingerprint density at radius 1 is 1.33 bits per heavy atom. The molecule has 0 radical (unpaired) electrons. The number of hydrogen-bond acceptors (Lipinski definition) is 1. The molecule has 2 saturated carbocycles. The molecule has 0 spiro atoms. The van der Waals surface area contributed by atoms with Gasteiger partial charge in [0.25, 0.3) is 0 Å². The number of nitrogens with one attached hydrogen (secondary N) is 1. The van der Waals surface area contributed by atoms with E-state index in [4.69, 9.17) is 23.2 Å². The van der Waals surface area contributed by atoms with Crippen molar-refractivity contribution in [2.24, 2.45) is 16.7 Å². The van der Waals surface area contributed by atoms with Crippen molar-refractivity contribution < 1.29 is 4.79 Å². The van der Waals surface area contributed by atoms with E-state index in [1.165, 1.54) is 0 Å². The van der Waals surface area contributed by atoms with Crippen LogP contribution in [-0.2, 0) is 4.79 Å². The monoisotopic (exact) mass is 323 g/mol. The number of benzene rings is 1. The predicted octanol–water partition coefficient (Wildman–Crippen LogP) is 5.31. The molecule has 0 saturated heterocycles. The van der Waals surface area contributed by atoms with Crippen molar-refractivity contribution in [3.05, 3.63) is 40.4 Å². The first kappa shape index (κ1) is 14.9. The van der Waals surface area contributed by atoms with E-state index in [9.17, 15) is 4.79 Å². The number of fused-ring (bicyclic) bond motifs is 2. The van der Waals surface area contributed by atoms with E-state index in [1.807, 2.05) is 0 Å². The Labute approximate surface area is 135 Å². The lowest BCUT2D eigenvalue weighted by atomic mass is 9.68. The summed E-state index contributed by atoms with van der Waals surface area (Å²) in [5.41, 5.74) is 1.39. The molecule has 1 N–H and O–H groups in total. The van der Waals surface area contributed by atoms with Crippen LogP contribution in [-0.4, -0.2) is 5.91 Å². The molecule has 2 aliphatic carbocycles. The maximum atomic E-state index is 12.8. The second-order valence-corrected chi connectivity index (χ2v) is 7.62. The summed E-state index contributed by atoms with van der Waals surface area (Å²) in [6, 6.07) is 5.16. The quantitative estimate of drug-likeness (QED) is 0.734. The zero-order valence-corrected chi connectivity index (χ0v) is 13.8. The van der Waals surface area contributed by atoms with Gasteiger partial charge in [-0.1, -0.05) is 49.2 Å². The molecular weight excluding hydrogens is 305 g/mol. The number of halogens is 2. The maximum Gasteiger partial charge on any atom is 0.234 e. The van der Waals surface area contributed by atoms with E-state index < -0.39 is 5.41 Å². The van der Waals surface area contributed by atoms with Gasteiger partial charge in [-0.25, -0.2) is 0 Å². The summed E-state index contributed by atoms with van der Waals surface area (Å²) in [4.78, 5) is 12.8. The summed E-state index contributed by atoms with van der Waals surface area (Å²) >= 11 is 11.9. The van der Waals surface area contributed by atoms with Crippen LogP contribution < -0.4 is 5.32 Å². The third kappa shape index (κ3) is 2.11. The number of carbonyl (C=O) groups is 1. The van der Waals surface area contributed by atoms with Crippen molar-refractivity contribution in [2.45, 2.75) is 33.1 Å². The first-order valence-corrected chi connectivity index (χ1v) is 7.99. The van der Waals surface area contributed by atoms with Gasteiger partial charge in [0.15, 0.2) is 0 Å². The third-order valence-corrected chi connectivity index (χ3v) is 6.24. The molecule has 1 aromatic carbocycles. The Bertz CT molecular complexity index is 638. The molecular formula is C17H19Cl2NO. The van der Waals surface area contributed by atoms with Gasteiger partial charge >= 0.3 is 0 Å². The topological polar surface area (TPSA) is 29.1 Å². The first-order chi connectivity index (χ1) is 9.77. The second kappa shape index (κ2) is 4.76. The van der Waals surface area contributed by atoms with E-state index in [0.29, 0.717) is 21.7 Å². The van der Waals surface area contributed by atoms with Crippen LogP contribution in [0.3, 0.4) is 0 Å². The lowest BCUT2D eigenvalue weighted by Crippen LogP contribution is -2.37. The Kier molecular flexibility index (Phi) is 3.38. The van der Waals surface area contributed by atoms with E-state index in [1.54, 1.807) is 18.2 Å². The molecule has 21 heavy (non-hydrogen) atoms. The standard InChI is InChI=1S/C17H19Cl2NO/c1-10-16(2,3)11-6-7-17(10,9-11)15(21)20-12-4-5-13(18)14(19)8-12/h4-5,8,11H,1,6-7,9H2,2-3H3,(H,20,21). The van der Waals surface area contributed by atoms with Crippen molar-refractivity contribution in [3.8, 4) is 0 Å². The van der Waals surface area contributed by atoms with Crippen LogP contribution in [0.2, 0.25) is 10.0 Å². The fraction of sp³-hybridized carbons (Fsp3) is 0.471. The maximum absolute atomic E-state index is 12.8. The third-order valence-electron chi connectivity index (χ3n) is 5.50. The van der Waals surface area contributed by atoms with Gasteiger partial charge in [-0.2, -0.15) is 0 Å². The molecule has 4 heteroatoms. The van der Waals surface area contributed by atoms with Crippen molar-refractivity contribution in [3.63, 3.8) is 0 Å². The molecule has 2 atom stereocenters. The van der Waals surface area contributed by atoms with Crippen molar-refractivity contribution in [1.82, 2.24) is 0 Å². The molecule has 2 fully saturated rings. The zero-order valence-electron chi connectivity index (χ0n) is 12.3. The molecule has 0 aliphatic heterocycles. The Balaban J connectivity index is 1.86. The highest BCUT2D eigenvalue weighted by molar-refractivity contribution is 6.42. The minimum absolute atomic E-state index is 0.0407. The van der Waals surface area contributed by atoms with Gasteiger partial charge in [-0.05, 0) is 48.8 Å². The van der Waals surface area contributed by atoms with E-state index >= 15 is 0 Å². The molecule has 1 amide bonds. The zero-order chi connectivity index (χ0) is 15.4. The van der Waals surface area contributed by atoms with E-state index in [-0.39, 0.29) is 11.3 Å². The average Bonchev–Trinajstić information content (AvgIpc) is 2.95. The lowest BCUT2D eigenvalue weighted by molar-refractivity contribution is -0.123. The summed E-state index contributed by atoms with van der Waals surface area (Å²) in [6.07, 6.45) is 2.90. The van der Waals surface area contributed by atoms with Crippen LogP contribution in [0.5, 0.6) is 0 Å². The van der Waals surface area contributed by atoms with Crippen molar-refractivity contribution in [2.75, 3.05) is 5.32 Å². The molecule has 2 unspecified atom stereocenters. The molecule has 1 aromatic rings. The van der Waals surface area contributed by atoms with Crippen LogP contribution in [0, 0.1) is 16.7 Å². The van der Waals surface area contributed by atoms with Crippen LogP contribution in [0.25, 0.3) is 0 Å². The van der Waals surface area contributed by atoms with Crippen LogP contribution >= 0.6 is 23.2 Å². The minimum Gasteiger partial charge on any atom is -0.325 e. The molecule has 3 rings (SSSR count). The summed E-state index contributed by atoms with van der Waals surface area (Å²) in [7, 11) is 0. The van der Waals surface area contributed by atoms with Crippen molar-refractivity contribution >= 4 is 34.8 Å². The second-order valence-electron chi connectivity index (χ2n) is 6.81. The SMILES string of the molecule is C=C1C2(C(=O)Nc3ccc(Cl)c(Cl)c3)CCC(C2)C1(C)C. The summed E-state index contributed by atoms with van der Waals surface area (Å²) < 4.78 is 0. The molecule has 2 aliphatic rings. The van der Waals surface area contributed by atoms with Gasteiger partial charge in [-0.15, -0.1) is 0 Å². The molecule has 2 bridgehead atoms. The summed E-state index contributed by atoms with van der Waals surface area (Å²) in [5, 5.41) is 3.93. The number of rotatable bonds is 2. The fourth-order valence-corrected chi connectivity index (χ4v) is 4.26. The van der Waals surface area contributed by atoms with Crippen LogP contribution in [0.1, 0.15) is 33.1 Å².